The quantitative estimate of drug-likeness (QED) is 0.491. The van der Waals surface area contributed by atoms with Crippen molar-refractivity contribution in [2.45, 2.75) is 0 Å². The van der Waals surface area contributed by atoms with Crippen LogP contribution in [0.25, 0.3) is 0 Å². The van der Waals surface area contributed by atoms with E-state index in [2.05, 4.69) is 10.6 Å². The van der Waals surface area contributed by atoms with Gasteiger partial charge in [0, 0.05) is 37.6 Å². The molecule has 0 heterocycles. The van der Waals surface area contributed by atoms with Crippen LogP contribution in [0.4, 0.5) is 11.4 Å². The standard InChI is InChI=1S/2C7H7NO2.Zr/c2*9-5-8-6-1-3-7(10)4-2-6;/h2*1-5,10H,(H,8,9);. The Kier molecular flexibility index (Phi) is 9.55. The van der Waals surface area contributed by atoms with Crippen LogP contribution >= 0.6 is 0 Å². The van der Waals surface area contributed by atoms with E-state index in [4.69, 9.17) is 10.2 Å². The molecule has 0 bridgehead atoms. The minimum Gasteiger partial charge on any atom is -0.508 e. The molecule has 21 heavy (non-hydrogen) atoms. The number of aromatic hydroxyl groups is 2. The van der Waals surface area contributed by atoms with Gasteiger partial charge in [0.1, 0.15) is 11.5 Å². The fraction of sp³-hybridized carbons (Fsp3) is 0. The van der Waals surface area contributed by atoms with Crippen molar-refractivity contribution in [1.82, 2.24) is 0 Å². The van der Waals surface area contributed by atoms with Gasteiger partial charge in [-0.2, -0.15) is 0 Å². The van der Waals surface area contributed by atoms with Gasteiger partial charge in [0.05, 0.1) is 0 Å². The van der Waals surface area contributed by atoms with Gasteiger partial charge in [-0.25, -0.2) is 0 Å². The van der Waals surface area contributed by atoms with Gasteiger partial charge in [-0.05, 0) is 48.5 Å². The molecule has 108 valence electrons. The third-order valence-electron chi connectivity index (χ3n) is 2.19. The summed E-state index contributed by atoms with van der Waals surface area (Å²) in [5.74, 6) is 0.382. The summed E-state index contributed by atoms with van der Waals surface area (Å²) < 4.78 is 0. The molecule has 0 aliphatic heterocycles. The first kappa shape index (κ1) is 18.9. The average Bonchev–Trinajstić information content (AvgIpc) is 2.45. The number of anilines is 2. The predicted octanol–water partition coefficient (Wildman–Crippen LogP) is 1.92. The molecule has 0 aliphatic rings. The van der Waals surface area contributed by atoms with E-state index in [9.17, 15) is 9.59 Å². The van der Waals surface area contributed by atoms with E-state index >= 15 is 0 Å². The Morgan fingerprint density at radius 2 is 0.952 bits per heavy atom. The number of phenols is 2. The smallest absolute Gasteiger partial charge is 0.211 e. The van der Waals surface area contributed by atoms with Gasteiger partial charge in [0.2, 0.25) is 12.8 Å². The Hall–Kier alpha value is -2.14. The molecule has 0 aromatic heterocycles. The zero-order chi connectivity index (χ0) is 14.8. The van der Waals surface area contributed by atoms with Crippen molar-refractivity contribution in [2.75, 3.05) is 10.6 Å². The minimum absolute atomic E-state index is 0. The molecule has 6 nitrogen and oxygen atoms in total. The summed E-state index contributed by atoms with van der Waals surface area (Å²) in [5, 5.41) is 22.5. The van der Waals surface area contributed by atoms with Crippen LogP contribution in [0.2, 0.25) is 0 Å². The topological polar surface area (TPSA) is 98.7 Å². The molecule has 0 aliphatic carbocycles. The Bertz CT molecular complexity index is 492. The van der Waals surface area contributed by atoms with Crippen molar-refractivity contribution in [3.63, 3.8) is 0 Å². The van der Waals surface area contributed by atoms with Crippen LogP contribution in [-0.4, -0.2) is 23.0 Å². The molecule has 7 heteroatoms. The number of hydrogen-bond donors (Lipinski definition) is 4. The zero-order valence-corrected chi connectivity index (χ0v) is 13.4. The van der Waals surface area contributed by atoms with Gasteiger partial charge in [-0.3, -0.25) is 9.59 Å². The Balaban J connectivity index is 0.000000364. The van der Waals surface area contributed by atoms with Gasteiger partial charge < -0.3 is 20.8 Å². The molecular weight excluding hydrogens is 351 g/mol. The van der Waals surface area contributed by atoms with Gasteiger partial charge in [-0.15, -0.1) is 0 Å². The van der Waals surface area contributed by atoms with Crippen LogP contribution in [-0.2, 0) is 35.8 Å². The van der Waals surface area contributed by atoms with E-state index < -0.39 is 0 Å². The van der Waals surface area contributed by atoms with Gasteiger partial charge >= 0.3 is 0 Å². The first-order valence-corrected chi connectivity index (χ1v) is 5.64. The van der Waals surface area contributed by atoms with Crippen LogP contribution in [0.3, 0.4) is 0 Å². The van der Waals surface area contributed by atoms with Crippen LogP contribution in [0, 0.1) is 0 Å². The molecule has 0 spiro atoms. The monoisotopic (exact) mass is 364 g/mol. The second kappa shape index (κ2) is 10.6. The maximum Gasteiger partial charge on any atom is 0.211 e. The van der Waals surface area contributed by atoms with E-state index in [1.165, 1.54) is 24.3 Å². The fourth-order valence-corrected chi connectivity index (χ4v) is 1.25. The fourth-order valence-electron chi connectivity index (χ4n) is 1.25. The summed E-state index contributed by atoms with van der Waals surface area (Å²) in [6.45, 7) is 0. The van der Waals surface area contributed by atoms with Gasteiger partial charge in [0.25, 0.3) is 0 Å². The van der Waals surface area contributed by atoms with Crippen LogP contribution < -0.4 is 10.6 Å². The second-order valence-electron chi connectivity index (χ2n) is 3.62. The molecule has 0 atom stereocenters. The first-order valence-electron chi connectivity index (χ1n) is 5.64. The van der Waals surface area contributed by atoms with E-state index in [1.807, 2.05) is 0 Å². The number of hydrogen-bond acceptors (Lipinski definition) is 4. The number of nitrogens with one attached hydrogen (secondary N) is 2. The Morgan fingerprint density at radius 1 is 0.667 bits per heavy atom. The SMILES string of the molecule is O=CNc1ccc(O)cc1.O=CNc1ccc(O)cc1.[Zr]. The second-order valence-corrected chi connectivity index (χ2v) is 3.62. The predicted molar refractivity (Wildman–Crippen MR) is 75.6 cm³/mol. The number of amides is 2. The number of rotatable bonds is 4. The normalized spacial score (nSPS) is 8.38. The molecule has 0 radical (unpaired) electrons. The minimum atomic E-state index is 0. The van der Waals surface area contributed by atoms with E-state index in [0.29, 0.717) is 24.2 Å². The molecule has 0 saturated heterocycles. The third-order valence-corrected chi connectivity index (χ3v) is 2.19. The van der Waals surface area contributed by atoms with Gasteiger partial charge in [-0.1, -0.05) is 0 Å². The summed E-state index contributed by atoms with van der Waals surface area (Å²) in [6, 6.07) is 12.5. The van der Waals surface area contributed by atoms with Crippen LogP contribution in [0.5, 0.6) is 11.5 Å². The molecule has 0 unspecified atom stereocenters. The number of carbonyl (C=O) groups excluding carboxylic acids is 2. The molecule has 0 fully saturated rings. The molecular formula is C14H14N2O4Zr. The van der Waals surface area contributed by atoms with Crippen molar-refractivity contribution in [3.05, 3.63) is 48.5 Å². The van der Waals surface area contributed by atoms with Crippen molar-refractivity contribution in [1.29, 1.82) is 0 Å². The van der Waals surface area contributed by atoms with E-state index in [-0.39, 0.29) is 37.7 Å². The number of phenolic OH excluding ortho intramolecular Hbond substituents is 2. The number of carbonyl (C=O) groups is 2. The maximum absolute atomic E-state index is 9.89. The van der Waals surface area contributed by atoms with Crippen molar-refractivity contribution >= 4 is 24.2 Å². The van der Waals surface area contributed by atoms with Gasteiger partial charge in [0.15, 0.2) is 0 Å². The van der Waals surface area contributed by atoms with E-state index in [1.54, 1.807) is 24.3 Å². The summed E-state index contributed by atoms with van der Waals surface area (Å²) in [5.41, 5.74) is 1.35. The third kappa shape index (κ3) is 7.89. The Morgan fingerprint density at radius 3 is 1.19 bits per heavy atom. The average molecular weight is 366 g/mol. The Labute approximate surface area is 140 Å². The van der Waals surface area contributed by atoms with Crippen LogP contribution in [0.15, 0.2) is 48.5 Å². The van der Waals surface area contributed by atoms with Crippen molar-refractivity contribution in [3.8, 4) is 11.5 Å². The summed E-state index contributed by atoms with van der Waals surface area (Å²) in [7, 11) is 0. The number of benzene rings is 2. The maximum atomic E-state index is 9.89. The first-order chi connectivity index (χ1) is 9.65. The molecule has 2 aromatic rings. The molecule has 2 amide bonds. The summed E-state index contributed by atoms with van der Waals surface area (Å²) >= 11 is 0. The molecule has 2 rings (SSSR count). The van der Waals surface area contributed by atoms with Crippen molar-refractivity contribution in [2.24, 2.45) is 0 Å². The van der Waals surface area contributed by atoms with Crippen molar-refractivity contribution < 1.29 is 46.0 Å². The summed E-state index contributed by atoms with van der Waals surface area (Å²) in [4.78, 5) is 19.8. The van der Waals surface area contributed by atoms with E-state index in [0.717, 1.165) is 0 Å². The molecule has 4 N–H and O–H groups in total. The van der Waals surface area contributed by atoms with Crippen LogP contribution in [0.1, 0.15) is 0 Å². The molecule has 0 saturated carbocycles. The zero-order valence-electron chi connectivity index (χ0n) is 11.0. The molecule has 2 aromatic carbocycles. The largest absolute Gasteiger partial charge is 0.508 e. The summed E-state index contributed by atoms with van der Waals surface area (Å²) in [6.07, 6.45) is 1.18.